The van der Waals surface area contributed by atoms with Gasteiger partial charge in [0.15, 0.2) is 0 Å². The highest BCUT2D eigenvalue weighted by atomic mass is 16.5. The predicted molar refractivity (Wildman–Crippen MR) is 117 cm³/mol. The van der Waals surface area contributed by atoms with Crippen molar-refractivity contribution in [1.82, 2.24) is 14.7 Å². The van der Waals surface area contributed by atoms with E-state index in [1.54, 1.807) is 36.5 Å². The number of aromatic nitrogens is 2. The van der Waals surface area contributed by atoms with Crippen LogP contribution in [0.2, 0.25) is 0 Å². The summed E-state index contributed by atoms with van der Waals surface area (Å²) in [5.41, 5.74) is 0.932. The van der Waals surface area contributed by atoms with Crippen molar-refractivity contribution >= 4 is 17.6 Å². The summed E-state index contributed by atoms with van der Waals surface area (Å²) < 4.78 is 7.26. The average Bonchev–Trinajstić information content (AvgIpc) is 3.28. The molecule has 2 heterocycles. The van der Waals surface area contributed by atoms with Crippen molar-refractivity contribution in [1.29, 1.82) is 5.26 Å². The Balaban J connectivity index is 1.78. The second-order valence-corrected chi connectivity index (χ2v) is 7.60. The van der Waals surface area contributed by atoms with Gasteiger partial charge in [0.2, 0.25) is 5.88 Å². The Hall–Kier alpha value is -3.92. The lowest BCUT2D eigenvalue weighted by Crippen LogP contribution is -2.33. The molecule has 0 unspecified atom stereocenters. The van der Waals surface area contributed by atoms with Crippen LogP contribution < -0.4 is 15.6 Å². The third kappa shape index (κ3) is 4.48. The highest BCUT2D eigenvalue weighted by molar-refractivity contribution is 6.02. The molecule has 1 fully saturated rings. The van der Waals surface area contributed by atoms with Crippen LogP contribution in [0.15, 0.2) is 59.0 Å². The first kappa shape index (κ1) is 20.4. The number of ether oxygens (including phenoxy) is 1. The number of nitrogens with zero attached hydrogens (tertiary/aromatic N) is 3. The van der Waals surface area contributed by atoms with Crippen LogP contribution in [0.4, 0.5) is 0 Å². The van der Waals surface area contributed by atoms with Crippen molar-refractivity contribution in [2.45, 2.75) is 38.6 Å². The monoisotopic (exact) mass is 414 g/mol. The number of nitrogens with one attached hydrogen (secondary N) is 1. The molecular formula is C24H22N4O3. The van der Waals surface area contributed by atoms with Crippen molar-refractivity contribution in [2.24, 2.45) is 0 Å². The van der Waals surface area contributed by atoms with E-state index in [0.29, 0.717) is 11.4 Å². The summed E-state index contributed by atoms with van der Waals surface area (Å²) >= 11 is 0. The van der Waals surface area contributed by atoms with Crippen LogP contribution >= 0.6 is 0 Å². The van der Waals surface area contributed by atoms with E-state index >= 15 is 0 Å². The van der Waals surface area contributed by atoms with Gasteiger partial charge in [-0.3, -0.25) is 14.0 Å². The molecule has 3 aromatic rings. The first-order valence-electron chi connectivity index (χ1n) is 10.2. The number of fused-ring (bicyclic) bond motifs is 1. The fourth-order valence-electron chi connectivity index (χ4n) is 3.63. The van der Waals surface area contributed by atoms with Gasteiger partial charge in [0.1, 0.15) is 28.6 Å². The van der Waals surface area contributed by atoms with E-state index in [4.69, 9.17) is 4.74 Å². The molecule has 0 aliphatic heterocycles. The minimum absolute atomic E-state index is 0.0430. The topological polar surface area (TPSA) is 96.5 Å². The smallest absolute Gasteiger partial charge is 0.269 e. The van der Waals surface area contributed by atoms with Crippen molar-refractivity contribution < 1.29 is 9.53 Å². The Morgan fingerprint density at radius 3 is 2.68 bits per heavy atom. The summed E-state index contributed by atoms with van der Waals surface area (Å²) in [6.45, 7) is 1.96. The molecule has 156 valence electrons. The SMILES string of the molecule is Cc1ccc(Oc2nc3ccccn3c(=O)c2/C=C(\C#N)C(=O)NC2CCCC2)cc1. The van der Waals surface area contributed by atoms with Gasteiger partial charge in [0.05, 0.1) is 0 Å². The maximum atomic E-state index is 13.2. The second kappa shape index (κ2) is 8.84. The summed E-state index contributed by atoms with van der Waals surface area (Å²) in [6, 6.07) is 14.5. The average molecular weight is 414 g/mol. The van der Waals surface area contributed by atoms with E-state index in [1.165, 1.54) is 10.5 Å². The molecule has 31 heavy (non-hydrogen) atoms. The number of hydrogen-bond acceptors (Lipinski definition) is 5. The van der Waals surface area contributed by atoms with Gasteiger partial charge in [-0.2, -0.15) is 10.2 Å². The lowest BCUT2D eigenvalue weighted by molar-refractivity contribution is -0.117. The molecule has 1 aliphatic carbocycles. The third-order valence-corrected chi connectivity index (χ3v) is 5.31. The van der Waals surface area contributed by atoms with E-state index in [0.717, 1.165) is 31.2 Å². The molecule has 2 aromatic heterocycles. The number of nitriles is 1. The summed E-state index contributed by atoms with van der Waals surface area (Å²) in [5, 5.41) is 12.5. The lowest BCUT2D eigenvalue weighted by atomic mass is 10.1. The molecule has 0 radical (unpaired) electrons. The highest BCUT2D eigenvalue weighted by Gasteiger charge is 2.21. The number of carbonyl (C=O) groups is 1. The Labute approximate surface area is 179 Å². The molecule has 0 atom stereocenters. The van der Waals surface area contributed by atoms with Crippen molar-refractivity contribution in [2.75, 3.05) is 0 Å². The summed E-state index contributed by atoms with van der Waals surface area (Å²) in [7, 11) is 0. The largest absolute Gasteiger partial charge is 0.438 e. The number of benzene rings is 1. The van der Waals surface area contributed by atoms with Gasteiger partial charge >= 0.3 is 0 Å². The number of aryl methyl sites for hydroxylation is 1. The molecule has 7 heteroatoms. The number of amides is 1. The molecule has 0 bridgehead atoms. The maximum Gasteiger partial charge on any atom is 0.269 e. The summed E-state index contributed by atoms with van der Waals surface area (Å²) in [4.78, 5) is 30.3. The first-order valence-corrected chi connectivity index (χ1v) is 10.2. The van der Waals surface area contributed by atoms with Crippen LogP contribution in [0.5, 0.6) is 11.6 Å². The Morgan fingerprint density at radius 1 is 1.23 bits per heavy atom. The Bertz CT molecular complexity index is 1250. The van der Waals surface area contributed by atoms with E-state index < -0.39 is 11.5 Å². The fraction of sp³-hybridized carbons (Fsp3) is 0.250. The quantitative estimate of drug-likeness (QED) is 0.506. The Kier molecular flexibility index (Phi) is 5.80. The fourth-order valence-corrected chi connectivity index (χ4v) is 3.63. The molecule has 1 amide bonds. The van der Waals surface area contributed by atoms with Crippen LogP contribution in [-0.4, -0.2) is 21.3 Å². The van der Waals surface area contributed by atoms with Gasteiger partial charge in [0, 0.05) is 12.2 Å². The third-order valence-electron chi connectivity index (χ3n) is 5.31. The predicted octanol–water partition coefficient (Wildman–Crippen LogP) is 3.76. The molecule has 4 rings (SSSR count). The zero-order valence-electron chi connectivity index (χ0n) is 17.2. The van der Waals surface area contributed by atoms with Gasteiger partial charge in [-0.15, -0.1) is 0 Å². The van der Waals surface area contributed by atoms with Crippen LogP contribution in [0.25, 0.3) is 11.7 Å². The lowest BCUT2D eigenvalue weighted by Gasteiger charge is -2.12. The molecular weight excluding hydrogens is 392 g/mol. The Morgan fingerprint density at radius 2 is 1.97 bits per heavy atom. The molecule has 1 N–H and O–H groups in total. The van der Waals surface area contributed by atoms with Gasteiger partial charge < -0.3 is 10.1 Å². The van der Waals surface area contributed by atoms with Gasteiger partial charge in [0.25, 0.3) is 11.5 Å². The molecule has 0 saturated heterocycles. The first-order chi connectivity index (χ1) is 15.0. The molecule has 0 spiro atoms. The van der Waals surface area contributed by atoms with Crippen molar-refractivity contribution in [3.8, 4) is 17.7 Å². The standard InChI is InChI=1S/C24H22N4O3/c1-16-9-11-19(12-10-16)31-23-20(24(30)28-13-5-4-8-21(28)27-23)14-17(15-25)22(29)26-18-6-2-3-7-18/h4-5,8-14,18H,2-3,6-7H2,1H3,(H,26,29)/b17-14+. The molecule has 1 saturated carbocycles. The van der Waals surface area contributed by atoms with Crippen LogP contribution in [-0.2, 0) is 4.79 Å². The molecule has 7 nitrogen and oxygen atoms in total. The van der Waals surface area contributed by atoms with Crippen LogP contribution in [0.1, 0.15) is 36.8 Å². The van der Waals surface area contributed by atoms with Crippen molar-refractivity contribution in [3.63, 3.8) is 0 Å². The number of pyridine rings is 1. The van der Waals surface area contributed by atoms with Gasteiger partial charge in [-0.05, 0) is 50.1 Å². The normalized spacial score (nSPS) is 14.4. The zero-order valence-corrected chi connectivity index (χ0v) is 17.2. The zero-order chi connectivity index (χ0) is 21.8. The number of carbonyl (C=O) groups excluding carboxylic acids is 1. The minimum Gasteiger partial charge on any atom is -0.438 e. The van der Waals surface area contributed by atoms with Crippen LogP contribution in [0.3, 0.4) is 0 Å². The van der Waals surface area contributed by atoms with Gasteiger partial charge in [-0.25, -0.2) is 0 Å². The minimum atomic E-state index is -0.492. The second-order valence-electron chi connectivity index (χ2n) is 7.60. The van der Waals surface area contributed by atoms with Crippen molar-refractivity contribution in [3.05, 3.63) is 75.7 Å². The van der Waals surface area contributed by atoms with Crippen LogP contribution in [0, 0.1) is 18.3 Å². The van der Waals surface area contributed by atoms with E-state index in [1.807, 2.05) is 25.1 Å². The molecule has 1 aromatic carbocycles. The highest BCUT2D eigenvalue weighted by Crippen LogP contribution is 2.24. The van der Waals surface area contributed by atoms with E-state index in [-0.39, 0.29) is 23.1 Å². The summed E-state index contributed by atoms with van der Waals surface area (Å²) in [5.74, 6) is 0.0519. The van der Waals surface area contributed by atoms with E-state index in [2.05, 4.69) is 10.3 Å². The number of rotatable bonds is 5. The maximum absolute atomic E-state index is 13.2. The van der Waals surface area contributed by atoms with Gasteiger partial charge in [-0.1, -0.05) is 36.6 Å². The molecule has 1 aliphatic rings. The number of hydrogen-bond donors (Lipinski definition) is 1. The summed E-state index contributed by atoms with van der Waals surface area (Å²) in [6.07, 6.45) is 6.76. The van der Waals surface area contributed by atoms with E-state index in [9.17, 15) is 14.9 Å².